The molecule has 0 aromatic rings. The molecule has 0 aromatic carbocycles. The number of allylic oxidation sites excluding steroid dienone is 2. The molecule has 1 nitrogen and oxygen atoms in total. The Morgan fingerprint density at radius 3 is 2.45 bits per heavy atom. The lowest BCUT2D eigenvalue weighted by Gasteiger charge is -2.12. The predicted octanol–water partition coefficient (Wildman–Crippen LogP) is 2.67. The van der Waals surface area contributed by atoms with E-state index < -0.39 is 0 Å². The van der Waals surface area contributed by atoms with Crippen molar-refractivity contribution in [2.75, 3.05) is 0 Å². The van der Waals surface area contributed by atoms with Crippen LogP contribution < -0.4 is 0 Å². The van der Waals surface area contributed by atoms with Gasteiger partial charge in [-0.2, -0.15) is 0 Å². The maximum atomic E-state index is 5.24. The third kappa shape index (κ3) is 1.73. The summed E-state index contributed by atoms with van der Waals surface area (Å²) in [5, 5.41) is 0. The average Bonchev–Trinajstić information content (AvgIpc) is 2.55. The first kappa shape index (κ1) is 8.12. The first-order valence-corrected chi connectivity index (χ1v) is 4.14. The minimum Gasteiger partial charge on any atom is -0.493 e. The van der Waals surface area contributed by atoms with E-state index >= 15 is 0 Å². The molecule has 2 rings (SSSR count). The quantitative estimate of drug-likeness (QED) is 0.516. The maximum absolute atomic E-state index is 5.24. The van der Waals surface area contributed by atoms with Crippen LogP contribution in [0.2, 0.25) is 0 Å². The molecule has 0 radical (unpaired) electrons. The van der Waals surface area contributed by atoms with Crippen LogP contribution in [0.4, 0.5) is 0 Å². The summed E-state index contributed by atoms with van der Waals surface area (Å²) in [6.07, 6.45) is 12.4. The van der Waals surface area contributed by atoms with E-state index in [9.17, 15) is 0 Å². The number of hydrogen-bond acceptors (Lipinski definition) is 1. The number of ether oxygens (including phenoxy) is 1. The van der Waals surface area contributed by atoms with Crippen LogP contribution in [0.5, 0.6) is 0 Å². The summed E-state index contributed by atoms with van der Waals surface area (Å²) in [4.78, 5) is 0. The smallest absolute Gasteiger partial charge is 0.126 e. The molecule has 0 aromatic heterocycles. The first-order valence-electron chi connectivity index (χ1n) is 4.14. The van der Waals surface area contributed by atoms with Gasteiger partial charge in [-0.05, 0) is 12.2 Å². The van der Waals surface area contributed by atoms with Crippen LogP contribution in [0.3, 0.4) is 0 Å². The van der Waals surface area contributed by atoms with Crippen LogP contribution >= 0.6 is 0 Å². The molecule has 11 heavy (non-hydrogen) atoms. The van der Waals surface area contributed by atoms with Gasteiger partial charge in [0.25, 0.3) is 0 Å². The van der Waals surface area contributed by atoms with Crippen molar-refractivity contribution >= 4 is 0 Å². The van der Waals surface area contributed by atoms with Crippen molar-refractivity contribution in [3.8, 4) is 0 Å². The Labute approximate surface area is 68.1 Å². The standard InChI is InChI=1S/C8H8O.C2H6/c1-2-4-8-7(3-1)5-6-9-8;1-2/h1-8H;1-2H3. The van der Waals surface area contributed by atoms with Crippen LogP contribution in [-0.2, 0) is 4.74 Å². The fourth-order valence-corrected chi connectivity index (χ4v) is 1.14. The van der Waals surface area contributed by atoms with Crippen LogP contribution in [0.15, 0.2) is 36.6 Å². The van der Waals surface area contributed by atoms with Crippen molar-refractivity contribution in [3.05, 3.63) is 36.6 Å². The van der Waals surface area contributed by atoms with Crippen molar-refractivity contribution in [2.45, 2.75) is 20.0 Å². The Hall–Kier alpha value is -0.980. The molecule has 2 unspecified atom stereocenters. The van der Waals surface area contributed by atoms with Crippen molar-refractivity contribution < 1.29 is 4.74 Å². The SMILES string of the molecule is C1=CC2C=COC2C=C1.CC. The molecule has 0 bridgehead atoms. The highest BCUT2D eigenvalue weighted by atomic mass is 16.5. The Bertz CT molecular complexity index is 189. The highest BCUT2D eigenvalue weighted by molar-refractivity contribution is 5.21. The molecule has 2 aliphatic rings. The lowest BCUT2D eigenvalue weighted by Crippen LogP contribution is -2.12. The molecule has 0 fully saturated rings. The van der Waals surface area contributed by atoms with Gasteiger partial charge >= 0.3 is 0 Å². The zero-order valence-corrected chi connectivity index (χ0v) is 7.03. The fraction of sp³-hybridized carbons (Fsp3) is 0.400. The van der Waals surface area contributed by atoms with Crippen LogP contribution in [-0.4, -0.2) is 6.10 Å². The van der Waals surface area contributed by atoms with Crippen molar-refractivity contribution in [1.29, 1.82) is 0 Å². The van der Waals surface area contributed by atoms with Gasteiger partial charge in [0.15, 0.2) is 0 Å². The van der Waals surface area contributed by atoms with Crippen LogP contribution in [0.25, 0.3) is 0 Å². The monoisotopic (exact) mass is 150 g/mol. The topological polar surface area (TPSA) is 9.23 Å². The molecule has 0 amide bonds. The molecule has 60 valence electrons. The molecular formula is C10H14O. The summed E-state index contributed by atoms with van der Waals surface area (Å²) >= 11 is 0. The largest absolute Gasteiger partial charge is 0.493 e. The zero-order valence-electron chi connectivity index (χ0n) is 7.03. The van der Waals surface area contributed by atoms with Gasteiger partial charge in [0.1, 0.15) is 6.10 Å². The molecule has 1 aliphatic heterocycles. The zero-order chi connectivity index (χ0) is 8.10. The van der Waals surface area contributed by atoms with Crippen molar-refractivity contribution in [3.63, 3.8) is 0 Å². The predicted molar refractivity (Wildman–Crippen MR) is 47.1 cm³/mol. The van der Waals surface area contributed by atoms with E-state index in [0.717, 1.165) is 0 Å². The Balaban J connectivity index is 0.000000281. The summed E-state index contributed by atoms with van der Waals surface area (Å²) in [7, 11) is 0. The van der Waals surface area contributed by atoms with E-state index in [1.807, 2.05) is 19.9 Å². The minimum absolute atomic E-state index is 0.287. The molecular weight excluding hydrogens is 136 g/mol. The lowest BCUT2D eigenvalue weighted by atomic mass is 10.00. The summed E-state index contributed by atoms with van der Waals surface area (Å²) in [5.74, 6) is 0.495. The molecule has 0 N–H and O–H groups in total. The van der Waals surface area contributed by atoms with Crippen molar-refractivity contribution in [1.82, 2.24) is 0 Å². The molecule has 0 spiro atoms. The van der Waals surface area contributed by atoms with E-state index in [2.05, 4.69) is 24.3 Å². The summed E-state index contributed by atoms with van der Waals surface area (Å²) in [6.45, 7) is 4.00. The van der Waals surface area contributed by atoms with Crippen LogP contribution in [0.1, 0.15) is 13.8 Å². The third-order valence-electron chi connectivity index (χ3n) is 1.66. The third-order valence-corrected chi connectivity index (χ3v) is 1.66. The minimum atomic E-state index is 0.287. The van der Waals surface area contributed by atoms with Crippen LogP contribution in [0, 0.1) is 5.92 Å². The van der Waals surface area contributed by atoms with Crippen molar-refractivity contribution in [2.24, 2.45) is 5.92 Å². The van der Waals surface area contributed by atoms with E-state index in [4.69, 9.17) is 4.74 Å². The average molecular weight is 150 g/mol. The van der Waals surface area contributed by atoms with Gasteiger partial charge in [-0.1, -0.05) is 32.1 Å². The summed E-state index contributed by atoms with van der Waals surface area (Å²) < 4.78 is 5.24. The van der Waals surface area contributed by atoms with Gasteiger partial charge in [0.2, 0.25) is 0 Å². The van der Waals surface area contributed by atoms with Gasteiger partial charge < -0.3 is 4.74 Å². The molecule has 2 atom stereocenters. The van der Waals surface area contributed by atoms with E-state index in [-0.39, 0.29) is 6.10 Å². The second-order valence-corrected chi connectivity index (χ2v) is 2.28. The summed E-state index contributed by atoms with van der Waals surface area (Å²) in [5.41, 5.74) is 0. The highest BCUT2D eigenvalue weighted by Crippen LogP contribution is 2.22. The number of rotatable bonds is 0. The number of hydrogen-bond donors (Lipinski definition) is 0. The van der Waals surface area contributed by atoms with Gasteiger partial charge in [-0.25, -0.2) is 0 Å². The normalized spacial score (nSPS) is 30.4. The molecule has 1 heteroatoms. The Morgan fingerprint density at radius 1 is 1.00 bits per heavy atom. The summed E-state index contributed by atoms with van der Waals surface area (Å²) in [6, 6.07) is 0. The first-order chi connectivity index (χ1) is 5.47. The van der Waals surface area contributed by atoms with E-state index in [0.29, 0.717) is 5.92 Å². The second-order valence-electron chi connectivity index (χ2n) is 2.28. The molecule has 0 saturated carbocycles. The fourth-order valence-electron chi connectivity index (χ4n) is 1.14. The Morgan fingerprint density at radius 2 is 1.73 bits per heavy atom. The molecule has 0 saturated heterocycles. The van der Waals surface area contributed by atoms with E-state index in [1.54, 1.807) is 6.26 Å². The van der Waals surface area contributed by atoms with Gasteiger partial charge in [0.05, 0.1) is 6.26 Å². The maximum Gasteiger partial charge on any atom is 0.126 e. The Kier molecular flexibility index (Phi) is 2.96. The molecule has 1 heterocycles. The number of fused-ring (bicyclic) bond motifs is 1. The van der Waals surface area contributed by atoms with E-state index in [1.165, 1.54) is 0 Å². The molecule has 1 aliphatic carbocycles. The van der Waals surface area contributed by atoms with Gasteiger partial charge in [-0.3, -0.25) is 0 Å². The van der Waals surface area contributed by atoms with Gasteiger partial charge in [-0.15, -0.1) is 0 Å². The second kappa shape index (κ2) is 4.02. The highest BCUT2D eigenvalue weighted by Gasteiger charge is 2.20. The lowest BCUT2D eigenvalue weighted by molar-refractivity contribution is 0.192. The van der Waals surface area contributed by atoms with Gasteiger partial charge in [0, 0.05) is 5.92 Å².